The quantitative estimate of drug-likeness (QED) is 0.683. The molecule has 2 unspecified atom stereocenters. The third-order valence-corrected chi connectivity index (χ3v) is 4.05. The molecule has 0 aliphatic carbocycles. The molecule has 1 N–H and O–H groups in total. The van der Waals surface area contributed by atoms with E-state index < -0.39 is 0 Å². The van der Waals surface area contributed by atoms with E-state index in [1.807, 2.05) is 24.8 Å². The van der Waals surface area contributed by atoms with Gasteiger partial charge in [0, 0.05) is 17.6 Å². The summed E-state index contributed by atoms with van der Waals surface area (Å²) in [4.78, 5) is 0. The molecule has 0 saturated heterocycles. The first kappa shape index (κ1) is 16.4. The average Bonchev–Trinajstić information content (AvgIpc) is 2.40. The van der Waals surface area contributed by atoms with Gasteiger partial charge in [0.2, 0.25) is 0 Å². The van der Waals surface area contributed by atoms with Gasteiger partial charge in [-0.2, -0.15) is 11.8 Å². The maximum absolute atomic E-state index is 5.69. The molecule has 3 heteroatoms. The predicted octanol–water partition coefficient (Wildman–Crippen LogP) is 4.27. The van der Waals surface area contributed by atoms with E-state index in [0.717, 1.165) is 5.75 Å². The minimum atomic E-state index is 0.323. The molecule has 0 aliphatic heterocycles. The first-order valence-electron chi connectivity index (χ1n) is 7.24. The zero-order valence-electron chi connectivity index (χ0n) is 12.6. The van der Waals surface area contributed by atoms with Gasteiger partial charge in [0.15, 0.2) is 0 Å². The fourth-order valence-corrected chi connectivity index (χ4v) is 2.94. The molecule has 1 rings (SSSR count). The van der Waals surface area contributed by atoms with Crippen LogP contribution < -0.4 is 10.1 Å². The summed E-state index contributed by atoms with van der Waals surface area (Å²) in [7, 11) is 0. The molecule has 2 nitrogen and oxygen atoms in total. The van der Waals surface area contributed by atoms with E-state index in [1.54, 1.807) is 0 Å². The van der Waals surface area contributed by atoms with Crippen molar-refractivity contribution < 1.29 is 4.74 Å². The number of hydrogen-bond donors (Lipinski definition) is 1. The van der Waals surface area contributed by atoms with E-state index in [4.69, 9.17) is 4.74 Å². The molecule has 0 bridgehead atoms. The van der Waals surface area contributed by atoms with Crippen LogP contribution in [-0.4, -0.2) is 24.2 Å². The third-order valence-electron chi connectivity index (χ3n) is 3.12. The molecule has 0 radical (unpaired) electrons. The number of nitrogens with one attached hydrogen (secondary N) is 1. The van der Waals surface area contributed by atoms with Crippen molar-refractivity contribution in [1.82, 2.24) is 5.32 Å². The first-order chi connectivity index (χ1) is 9.19. The molecule has 1 aromatic carbocycles. The molecule has 0 aliphatic rings. The minimum Gasteiger partial charge on any atom is -0.494 e. The lowest BCUT2D eigenvalue weighted by Crippen LogP contribution is -2.29. The molecule has 1 aromatic rings. The zero-order valence-corrected chi connectivity index (χ0v) is 13.4. The smallest absolute Gasteiger partial charge is 0.124 e. The lowest BCUT2D eigenvalue weighted by Gasteiger charge is -2.22. The van der Waals surface area contributed by atoms with Gasteiger partial charge in [0.1, 0.15) is 5.75 Å². The van der Waals surface area contributed by atoms with Crippen LogP contribution in [0.5, 0.6) is 5.75 Å². The average molecular weight is 281 g/mol. The minimum absolute atomic E-state index is 0.323. The number of benzene rings is 1. The molecular weight excluding hydrogens is 254 g/mol. The van der Waals surface area contributed by atoms with Crippen molar-refractivity contribution in [2.45, 2.75) is 46.2 Å². The van der Waals surface area contributed by atoms with Gasteiger partial charge in [-0.15, -0.1) is 0 Å². The molecule has 0 spiro atoms. The second kappa shape index (κ2) is 9.27. The molecular formula is C16H27NOS. The van der Waals surface area contributed by atoms with Crippen LogP contribution in [-0.2, 0) is 0 Å². The lowest BCUT2D eigenvalue weighted by molar-refractivity contribution is 0.330. The van der Waals surface area contributed by atoms with E-state index in [9.17, 15) is 0 Å². The molecule has 0 heterocycles. The summed E-state index contributed by atoms with van der Waals surface area (Å²) in [5.74, 6) is 3.43. The Morgan fingerprint density at radius 2 is 1.95 bits per heavy atom. The van der Waals surface area contributed by atoms with Crippen molar-refractivity contribution in [3.05, 3.63) is 29.8 Å². The molecule has 19 heavy (non-hydrogen) atoms. The van der Waals surface area contributed by atoms with Crippen molar-refractivity contribution in [1.29, 1.82) is 0 Å². The van der Waals surface area contributed by atoms with Crippen LogP contribution in [0.1, 0.15) is 45.7 Å². The second-order valence-corrected chi connectivity index (χ2v) is 6.14. The van der Waals surface area contributed by atoms with E-state index in [1.165, 1.54) is 23.5 Å². The molecule has 2 atom stereocenters. The summed E-state index contributed by atoms with van der Waals surface area (Å²) in [5, 5.41) is 3.66. The number of thioether (sulfide) groups is 1. The standard InChI is InChI=1S/C16H27NOS/c1-5-18-16-10-8-7-9-15(16)14(4)17-13(3)11-12-19-6-2/h7-10,13-14,17H,5-6,11-12H2,1-4H3. The summed E-state index contributed by atoms with van der Waals surface area (Å²) in [5.41, 5.74) is 1.25. The summed E-state index contributed by atoms with van der Waals surface area (Å²) in [6.45, 7) is 9.42. The van der Waals surface area contributed by atoms with Gasteiger partial charge < -0.3 is 10.1 Å². The topological polar surface area (TPSA) is 21.3 Å². The Kier molecular flexibility index (Phi) is 7.99. The molecule has 0 fully saturated rings. The molecule has 108 valence electrons. The Morgan fingerprint density at radius 1 is 1.21 bits per heavy atom. The van der Waals surface area contributed by atoms with Crippen molar-refractivity contribution in [2.24, 2.45) is 0 Å². The summed E-state index contributed by atoms with van der Waals surface area (Å²) in [6.07, 6.45) is 1.21. The third kappa shape index (κ3) is 5.87. The summed E-state index contributed by atoms with van der Waals surface area (Å²) in [6, 6.07) is 9.16. The van der Waals surface area contributed by atoms with Gasteiger partial charge in [-0.3, -0.25) is 0 Å². The Bertz CT molecular complexity index is 356. The lowest BCUT2D eigenvalue weighted by atomic mass is 10.1. The summed E-state index contributed by atoms with van der Waals surface area (Å²) < 4.78 is 5.69. The Labute approximate surface area is 122 Å². The first-order valence-corrected chi connectivity index (χ1v) is 8.40. The van der Waals surface area contributed by atoms with Gasteiger partial charge in [-0.1, -0.05) is 25.1 Å². The van der Waals surface area contributed by atoms with Crippen LogP contribution in [0, 0.1) is 0 Å². The SMILES string of the molecule is CCOc1ccccc1C(C)NC(C)CCSCC. The highest BCUT2D eigenvalue weighted by atomic mass is 32.2. The van der Waals surface area contributed by atoms with Crippen molar-refractivity contribution in [3.63, 3.8) is 0 Å². The highest BCUT2D eigenvalue weighted by molar-refractivity contribution is 7.99. The van der Waals surface area contributed by atoms with Gasteiger partial charge in [0.05, 0.1) is 6.61 Å². The van der Waals surface area contributed by atoms with Gasteiger partial charge >= 0.3 is 0 Å². The van der Waals surface area contributed by atoms with Crippen LogP contribution >= 0.6 is 11.8 Å². The van der Waals surface area contributed by atoms with Crippen molar-refractivity contribution in [3.8, 4) is 5.75 Å². The van der Waals surface area contributed by atoms with Crippen LogP contribution in [0.2, 0.25) is 0 Å². The summed E-state index contributed by atoms with van der Waals surface area (Å²) >= 11 is 2.01. The maximum atomic E-state index is 5.69. The largest absolute Gasteiger partial charge is 0.494 e. The molecule has 0 aromatic heterocycles. The fraction of sp³-hybridized carbons (Fsp3) is 0.625. The van der Waals surface area contributed by atoms with Crippen LogP contribution in [0.4, 0.5) is 0 Å². The van der Waals surface area contributed by atoms with Crippen molar-refractivity contribution >= 4 is 11.8 Å². The zero-order chi connectivity index (χ0) is 14.1. The number of ether oxygens (including phenoxy) is 1. The Hall–Kier alpha value is -0.670. The van der Waals surface area contributed by atoms with Crippen LogP contribution in [0.3, 0.4) is 0 Å². The number of hydrogen-bond acceptors (Lipinski definition) is 3. The fourth-order valence-electron chi connectivity index (χ4n) is 2.13. The van der Waals surface area contributed by atoms with E-state index in [-0.39, 0.29) is 0 Å². The van der Waals surface area contributed by atoms with Crippen LogP contribution in [0.25, 0.3) is 0 Å². The highest BCUT2D eigenvalue weighted by Gasteiger charge is 2.13. The van der Waals surface area contributed by atoms with Crippen LogP contribution in [0.15, 0.2) is 24.3 Å². The van der Waals surface area contributed by atoms with E-state index >= 15 is 0 Å². The maximum Gasteiger partial charge on any atom is 0.124 e. The second-order valence-electron chi connectivity index (χ2n) is 4.75. The van der Waals surface area contributed by atoms with Gasteiger partial charge in [-0.05, 0) is 44.8 Å². The monoisotopic (exact) mass is 281 g/mol. The molecule has 0 saturated carbocycles. The van der Waals surface area contributed by atoms with Gasteiger partial charge in [-0.25, -0.2) is 0 Å². The molecule has 0 amide bonds. The number of para-hydroxylation sites is 1. The number of rotatable bonds is 9. The van der Waals surface area contributed by atoms with Crippen molar-refractivity contribution in [2.75, 3.05) is 18.1 Å². The highest BCUT2D eigenvalue weighted by Crippen LogP contribution is 2.25. The van der Waals surface area contributed by atoms with E-state index in [0.29, 0.717) is 18.7 Å². The van der Waals surface area contributed by atoms with Gasteiger partial charge in [0.25, 0.3) is 0 Å². The Balaban J connectivity index is 2.54. The predicted molar refractivity (Wildman–Crippen MR) is 86.2 cm³/mol. The normalized spacial score (nSPS) is 14.1. The van der Waals surface area contributed by atoms with E-state index in [2.05, 4.69) is 44.3 Å². The Morgan fingerprint density at radius 3 is 2.63 bits per heavy atom.